The standard InChI is InChI=1S/C16H16N2O3/c1-11-13(7-4-9-17-11)15(19)18-10-8-12-5-2-3-6-14(12)16(20)21/h2-7,9H,8,10H2,1H3,(H,18,19)(H,20,21). The van der Waals surface area contributed by atoms with Gasteiger partial charge in [0.25, 0.3) is 5.91 Å². The van der Waals surface area contributed by atoms with Crippen LogP contribution in [0.2, 0.25) is 0 Å². The van der Waals surface area contributed by atoms with Crippen LogP contribution >= 0.6 is 0 Å². The van der Waals surface area contributed by atoms with E-state index in [0.29, 0.717) is 29.8 Å². The summed E-state index contributed by atoms with van der Waals surface area (Å²) < 4.78 is 0. The summed E-state index contributed by atoms with van der Waals surface area (Å²) in [5.41, 5.74) is 2.17. The largest absolute Gasteiger partial charge is 0.478 e. The fraction of sp³-hybridized carbons (Fsp3) is 0.188. The molecule has 5 nitrogen and oxygen atoms in total. The van der Waals surface area contributed by atoms with Crippen LogP contribution in [-0.2, 0) is 6.42 Å². The molecule has 108 valence electrons. The van der Waals surface area contributed by atoms with E-state index in [1.54, 1.807) is 49.5 Å². The maximum Gasteiger partial charge on any atom is 0.335 e. The van der Waals surface area contributed by atoms with Crippen molar-refractivity contribution in [2.24, 2.45) is 0 Å². The van der Waals surface area contributed by atoms with Crippen LogP contribution < -0.4 is 5.32 Å². The van der Waals surface area contributed by atoms with Crippen molar-refractivity contribution in [3.05, 3.63) is 65.0 Å². The molecule has 0 saturated heterocycles. The third-order valence-electron chi connectivity index (χ3n) is 3.18. The number of hydrogen-bond donors (Lipinski definition) is 2. The van der Waals surface area contributed by atoms with E-state index in [2.05, 4.69) is 10.3 Å². The minimum absolute atomic E-state index is 0.201. The Kier molecular flexibility index (Phi) is 4.66. The lowest BCUT2D eigenvalue weighted by molar-refractivity contribution is 0.0695. The topological polar surface area (TPSA) is 79.3 Å². The smallest absolute Gasteiger partial charge is 0.335 e. The number of carboxylic acids is 1. The van der Waals surface area contributed by atoms with E-state index in [0.717, 1.165) is 0 Å². The Morgan fingerprint density at radius 1 is 1.14 bits per heavy atom. The SMILES string of the molecule is Cc1ncccc1C(=O)NCCc1ccccc1C(=O)O. The number of amides is 1. The number of carbonyl (C=O) groups is 2. The second-order valence-corrected chi connectivity index (χ2v) is 4.60. The monoisotopic (exact) mass is 284 g/mol. The van der Waals surface area contributed by atoms with E-state index in [9.17, 15) is 9.59 Å². The molecule has 0 aliphatic heterocycles. The van der Waals surface area contributed by atoms with Gasteiger partial charge >= 0.3 is 5.97 Å². The van der Waals surface area contributed by atoms with Crippen LogP contribution in [0.5, 0.6) is 0 Å². The first-order valence-electron chi connectivity index (χ1n) is 6.60. The fourth-order valence-corrected chi connectivity index (χ4v) is 2.08. The van der Waals surface area contributed by atoms with Gasteiger partial charge in [-0.15, -0.1) is 0 Å². The van der Waals surface area contributed by atoms with Crippen LogP contribution in [0.3, 0.4) is 0 Å². The molecule has 1 aromatic carbocycles. The normalized spacial score (nSPS) is 10.1. The minimum atomic E-state index is -0.958. The number of aromatic nitrogens is 1. The molecule has 5 heteroatoms. The van der Waals surface area contributed by atoms with Gasteiger partial charge in [-0.25, -0.2) is 4.79 Å². The van der Waals surface area contributed by atoms with Crippen LogP contribution in [0, 0.1) is 6.92 Å². The molecule has 21 heavy (non-hydrogen) atoms. The number of nitrogens with zero attached hydrogens (tertiary/aromatic N) is 1. The Morgan fingerprint density at radius 2 is 1.86 bits per heavy atom. The molecule has 0 spiro atoms. The number of benzene rings is 1. The molecular weight excluding hydrogens is 268 g/mol. The van der Waals surface area contributed by atoms with Crippen molar-refractivity contribution < 1.29 is 14.7 Å². The molecule has 0 aliphatic carbocycles. The van der Waals surface area contributed by atoms with E-state index < -0.39 is 5.97 Å². The molecule has 0 atom stereocenters. The number of carboxylic acid groups (broad SMARTS) is 1. The summed E-state index contributed by atoms with van der Waals surface area (Å²) in [6, 6.07) is 10.2. The van der Waals surface area contributed by atoms with E-state index in [4.69, 9.17) is 5.11 Å². The molecule has 2 N–H and O–H groups in total. The van der Waals surface area contributed by atoms with Crippen molar-refractivity contribution in [1.82, 2.24) is 10.3 Å². The van der Waals surface area contributed by atoms with Crippen LogP contribution in [-0.4, -0.2) is 28.5 Å². The molecule has 1 aromatic heterocycles. The van der Waals surface area contributed by atoms with Crippen molar-refractivity contribution in [2.75, 3.05) is 6.54 Å². The average molecular weight is 284 g/mol. The highest BCUT2D eigenvalue weighted by molar-refractivity contribution is 5.95. The van der Waals surface area contributed by atoms with Crippen molar-refractivity contribution in [3.63, 3.8) is 0 Å². The van der Waals surface area contributed by atoms with E-state index >= 15 is 0 Å². The molecule has 0 radical (unpaired) electrons. The maximum atomic E-state index is 12.0. The predicted octanol–water partition coefficient (Wildman–Crippen LogP) is 2.06. The van der Waals surface area contributed by atoms with Gasteiger partial charge in [-0.05, 0) is 37.1 Å². The number of hydrogen-bond acceptors (Lipinski definition) is 3. The van der Waals surface area contributed by atoms with Crippen LogP contribution in [0.4, 0.5) is 0 Å². The number of nitrogens with one attached hydrogen (secondary N) is 1. The first-order chi connectivity index (χ1) is 10.1. The molecule has 2 aromatic rings. The van der Waals surface area contributed by atoms with E-state index in [1.807, 2.05) is 0 Å². The Labute approximate surface area is 122 Å². The zero-order valence-electron chi connectivity index (χ0n) is 11.7. The molecule has 0 bridgehead atoms. The van der Waals surface area contributed by atoms with Crippen LogP contribution in [0.1, 0.15) is 32.0 Å². The van der Waals surface area contributed by atoms with Gasteiger partial charge in [-0.2, -0.15) is 0 Å². The highest BCUT2D eigenvalue weighted by atomic mass is 16.4. The summed E-state index contributed by atoms with van der Waals surface area (Å²) in [5.74, 6) is -1.16. The van der Waals surface area contributed by atoms with Crippen molar-refractivity contribution in [1.29, 1.82) is 0 Å². The van der Waals surface area contributed by atoms with Gasteiger partial charge in [-0.1, -0.05) is 18.2 Å². The summed E-state index contributed by atoms with van der Waals surface area (Å²) >= 11 is 0. The third kappa shape index (κ3) is 3.66. The predicted molar refractivity (Wildman–Crippen MR) is 78.4 cm³/mol. The first-order valence-corrected chi connectivity index (χ1v) is 6.60. The highest BCUT2D eigenvalue weighted by Gasteiger charge is 2.11. The van der Waals surface area contributed by atoms with Crippen LogP contribution in [0.25, 0.3) is 0 Å². The van der Waals surface area contributed by atoms with Gasteiger partial charge in [0.2, 0.25) is 0 Å². The van der Waals surface area contributed by atoms with E-state index in [1.165, 1.54) is 0 Å². The lowest BCUT2D eigenvalue weighted by Gasteiger charge is -2.08. The van der Waals surface area contributed by atoms with Crippen molar-refractivity contribution in [2.45, 2.75) is 13.3 Å². The molecule has 0 unspecified atom stereocenters. The quantitative estimate of drug-likeness (QED) is 0.880. The zero-order valence-corrected chi connectivity index (χ0v) is 11.7. The Morgan fingerprint density at radius 3 is 2.57 bits per heavy atom. The van der Waals surface area contributed by atoms with Crippen molar-refractivity contribution in [3.8, 4) is 0 Å². The molecular formula is C16H16N2O3. The average Bonchev–Trinajstić information content (AvgIpc) is 2.48. The summed E-state index contributed by atoms with van der Waals surface area (Å²) in [6.45, 7) is 2.14. The molecule has 1 amide bonds. The lowest BCUT2D eigenvalue weighted by Crippen LogP contribution is -2.27. The summed E-state index contributed by atoms with van der Waals surface area (Å²) in [4.78, 5) is 27.2. The lowest BCUT2D eigenvalue weighted by atomic mass is 10.0. The van der Waals surface area contributed by atoms with Gasteiger partial charge in [-0.3, -0.25) is 9.78 Å². The number of aromatic carboxylic acids is 1. The Hall–Kier alpha value is -2.69. The summed E-state index contributed by atoms with van der Waals surface area (Å²) in [6.07, 6.45) is 2.10. The van der Waals surface area contributed by atoms with Crippen molar-refractivity contribution >= 4 is 11.9 Å². The van der Waals surface area contributed by atoms with Gasteiger partial charge in [0, 0.05) is 18.4 Å². The fourth-order valence-electron chi connectivity index (χ4n) is 2.08. The minimum Gasteiger partial charge on any atom is -0.478 e. The number of pyridine rings is 1. The van der Waals surface area contributed by atoms with Gasteiger partial charge in [0.05, 0.1) is 11.1 Å². The van der Waals surface area contributed by atoms with Gasteiger partial charge in [0.15, 0.2) is 0 Å². The van der Waals surface area contributed by atoms with Gasteiger partial charge in [0.1, 0.15) is 0 Å². The second kappa shape index (κ2) is 6.65. The molecule has 1 heterocycles. The van der Waals surface area contributed by atoms with Crippen LogP contribution in [0.15, 0.2) is 42.6 Å². The first kappa shape index (κ1) is 14.7. The third-order valence-corrected chi connectivity index (χ3v) is 3.18. The second-order valence-electron chi connectivity index (χ2n) is 4.60. The van der Waals surface area contributed by atoms with E-state index in [-0.39, 0.29) is 11.5 Å². The zero-order chi connectivity index (χ0) is 15.2. The molecule has 0 saturated carbocycles. The Balaban J connectivity index is 1.98. The Bertz CT molecular complexity index is 668. The summed E-state index contributed by atoms with van der Waals surface area (Å²) in [5, 5.41) is 11.9. The van der Waals surface area contributed by atoms with Gasteiger partial charge < -0.3 is 10.4 Å². The maximum absolute atomic E-state index is 12.0. The molecule has 2 rings (SSSR count). The number of rotatable bonds is 5. The number of aryl methyl sites for hydroxylation is 1. The molecule has 0 fully saturated rings. The molecule has 0 aliphatic rings. The number of carbonyl (C=O) groups excluding carboxylic acids is 1. The summed E-state index contributed by atoms with van der Waals surface area (Å²) in [7, 11) is 0. The highest BCUT2D eigenvalue weighted by Crippen LogP contribution is 2.09.